The fraction of sp³-hybridized carbons (Fsp3) is 0.367. The lowest BCUT2D eigenvalue weighted by Gasteiger charge is -2.38. The molecule has 35 heavy (non-hydrogen) atoms. The lowest BCUT2D eigenvalue weighted by molar-refractivity contribution is -0.0254. The third kappa shape index (κ3) is 5.03. The number of pyridine rings is 1. The van der Waals surface area contributed by atoms with Gasteiger partial charge in [-0.3, -0.25) is 4.98 Å². The first-order valence-corrected chi connectivity index (χ1v) is 12.5. The summed E-state index contributed by atoms with van der Waals surface area (Å²) in [6, 6.07) is 20.0. The maximum absolute atomic E-state index is 11.2. The van der Waals surface area contributed by atoms with Gasteiger partial charge in [-0.15, -0.1) is 0 Å². The van der Waals surface area contributed by atoms with E-state index >= 15 is 0 Å². The molecule has 5 heteroatoms. The third-order valence-corrected chi connectivity index (χ3v) is 7.31. The number of nitrogens with zero attached hydrogens (tertiary/aromatic N) is 2. The van der Waals surface area contributed by atoms with Crippen LogP contribution in [0.3, 0.4) is 0 Å². The van der Waals surface area contributed by atoms with Crippen molar-refractivity contribution in [1.82, 2.24) is 9.88 Å². The molecule has 0 spiro atoms. The molecular weight excluding hydrogens is 436 g/mol. The topological polar surface area (TPSA) is 65.8 Å². The van der Waals surface area contributed by atoms with E-state index in [9.17, 15) is 10.2 Å². The van der Waals surface area contributed by atoms with E-state index in [1.807, 2.05) is 54.6 Å². The summed E-state index contributed by atoms with van der Waals surface area (Å²) in [7, 11) is 0. The van der Waals surface area contributed by atoms with Gasteiger partial charge in [-0.2, -0.15) is 0 Å². The van der Waals surface area contributed by atoms with Gasteiger partial charge in [0.05, 0.1) is 16.9 Å². The zero-order valence-electron chi connectivity index (χ0n) is 20.6. The van der Waals surface area contributed by atoms with Crippen molar-refractivity contribution in [2.24, 2.45) is 0 Å². The normalized spacial score (nSPS) is 18.9. The van der Waals surface area contributed by atoms with Gasteiger partial charge in [0.15, 0.2) is 0 Å². The Bertz CT molecular complexity index is 1210. The van der Waals surface area contributed by atoms with E-state index < -0.39 is 11.2 Å². The van der Waals surface area contributed by atoms with Crippen molar-refractivity contribution in [3.8, 4) is 5.75 Å². The van der Waals surface area contributed by atoms with Crippen LogP contribution in [0.25, 0.3) is 5.57 Å². The van der Waals surface area contributed by atoms with Crippen LogP contribution in [0, 0.1) is 0 Å². The molecule has 0 radical (unpaired) electrons. The average Bonchev–Trinajstić information content (AvgIpc) is 3.02. The minimum Gasteiger partial charge on any atom is -0.487 e. The first-order chi connectivity index (χ1) is 16.8. The zero-order chi connectivity index (χ0) is 24.5. The summed E-state index contributed by atoms with van der Waals surface area (Å²) >= 11 is 0. The van der Waals surface area contributed by atoms with Crippen molar-refractivity contribution in [3.63, 3.8) is 0 Å². The van der Waals surface area contributed by atoms with Crippen LogP contribution in [-0.2, 0) is 17.8 Å². The highest BCUT2D eigenvalue weighted by atomic mass is 16.5. The third-order valence-electron chi connectivity index (χ3n) is 7.31. The molecule has 5 nitrogen and oxygen atoms in total. The molecule has 0 saturated carbocycles. The fourth-order valence-corrected chi connectivity index (χ4v) is 5.13. The van der Waals surface area contributed by atoms with Gasteiger partial charge in [0, 0.05) is 37.0 Å². The van der Waals surface area contributed by atoms with E-state index in [2.05, 4.69) is 22.0 Å². The maximum Gasteiger partial charge on any atom is 0.131 e. The highest BCUT2D eigenvalue weighted by Gasteiger charge is 2.33. The van der Waals surface area contributed by atoms with Crippen LogP contribution in [0.5, 0.6) is 5.75 Å². The average molecular weight is 471 g/mol. The Labute approximate surface area is 207 Å². The number of aliphatic hydroxyl groups is 2. The Hall–Kier alpha value is -2.99. The molecule has 3 heterocycles. The fourth-order valence-electron chi connectivity index (χ4n) is 5.13. The Kier molecular flexibility index (Phi) is 6.49. The van der Waals surface area contributed by atoms with Crippen LogP contribution in [0.2, 0.25) is 0 Å². The van der Waals surface area contributed by atoms with Crippen molar-refractivity contribution in [1.29, 1.82) is 0 Å². The number of piperidine rings is 1. The van der Waals surface area contributed by atoms with Crippen LogP contribution in [0.4, 0.5) is 0 Å². The maximum atomic E-state index is 11.2. The molecule has 2 aliphatic rings. The Balaban J connectivity index is 1.36. The summed E-state index contributed by atoms with van der Waals surface area (Å²) in [6.45, 7) is 6.69. The molecule has 2 N–H and O–H groups in total. The van der Waals surface area contributed by atoms with E-state index in [1.54, 1.807) is 20.0 Å². The number of ether oxygens (including phenoxy) is 1. The number of rotatable bonds is 5. The van der Waals surface area contributed by atoms with Gasteiger partial charge in [-0.05, 0) is 68.0 Å². The Morgan fingerprint density at radius 3 is 2.54 bits per heavy atom. The number of hydrogen-bond acceptors (Lipinski definition) is 5. The van der Waals surface area contributed by atoms with Crippen molar-refractivity contribution in [2.45, 2.75) is 50.9 Å². The lowest BCUT2D eigenvalue weighted by atomic mass is 9.84. The standard InChI is InChI=1S/C30H34N2O3/c1-29(2,33)23-12-13-28-26(20-23)24(25-10-6-16-31-27(25)21-35-28)11-7-17-32-18-14-30(34,15-19-32)22-8-4-3-5-9-22/h3-6,8-13,16,20,33-34H,7,14-15,17-19,21H2,1-2H3/b24-11-. The molecule has 1 fully saturated rings. The van der Waals surface area contributed by atoms with Crippen molar-refractivity contribution >= 4 is 5.57 Å². The molecule has 0 amide bonds. The van der Waals surface area contributed by atoms with Crippen LogP contribution in [0.1, 0.15) is 61.1 Å². The summed E-state index contributed by atoms with van der Waals surface area (Å²) in [5.41, 5.74) is 4.30. The molecule has 0 bridgehead atoms. The van der Waals surface area contributed by atoms with Crippen molar-refractivity contribution < 1.29 is 14.9 Å². The molecule has 1 aromatic heterocycles. The molecule has 2 aromatic carbocycles. The summed E-state index contributed by atoms with van der Waals surface area (Å²) < 4.78 is 6.11. The zero-order valence-corrected chi connectivity index (χ0v) is 20.6. The lowest BCUT2D eigenvalue weighted by Crippen LogP contribution is -2.42. The minimum absolute atomic E-state index is 0.423. The summed E-state index contributed by atoms with van der Waals surface area (Å²) in [6.07, 6.45) is 6.44. The van der Waals surface area contributed by atoms with Crippen molar-refractivity contribution in [2.75, 3.05) is 19.6 Å². The van der Waals surface area contributed by atoms with Crippen LogP contribution in [-0.4, -0.2) is 39.7 Å². The van der Waals surface area contributed by atoms with Gasteiger partial charge in [-0.1, -0.05) is 48.5 Å². The SMILES string of the molecule is CC(C)(O)c1ccc2c(c1)/C(=C\CCN1CCC(O)(c3ccccc3)CC1)c1cccnc1CO2. The van der Waals surface area contributed by atoms with Gasteiger partial charge in [0.1, 0.15) is 12.4 Å². The molecule has 5 rings (SSSR count). The molecule has 182 valence electrons. The molecule has 2 aliphatic heterocycles. The predicted octanol–water partition coefficient (Wildman–Crippen LogP) is 5.01. The van der Waals surface area contributed by atoms with Gasteiger partial charge in [0.25, 0.3) is 0 Å². The molecular formula is C30H34N2O3. The first kappa shape index (κ1) is 23.7. The van der Waals surface area contributed by atoms with Crippen molar-refractivity contribution in [3.05, 3.63) is 101 Å². The van der Waals surface area contributed by atoms with E-state index in [-0.39, 0.29) is 0 Å². The van der Waals surface area contributed by atoms with Gasteiger partial charge < -0.3 is 19.8 Å². The number of likely N-dealkylation sites (tertiary alicyclic amines) is 1. The summed E-state index contributed by atoms with van der Waals surface area (Å²) in [5.74, 6) is 0.813. The van der Waals surface area contributed by atoms with Gasteiger partial charge in [-0.25, -0.2) is 0 Å². The van der Waals surface area contributed by atoms with E-state index in [1.165, 1.54) is 0 Å². The van der Waals surface area contributed by atoms with Crippen LogP contribution >= 0.6 is 0 Å². The Morgan fingerprint density at radius 2 is 1.80 bits per heavy atom. The summed E-state index contributed by atoms with van der Waals surface area (Å²) in [5, 5.41) is 21.8. The number of aromatic nitrogens is 1. The second kappa shape index (κ2) is 9.57. The summed E-state index contributed by atoms with van der Waals surface area (Å²) in [4.78, 5) is 7.00. The molecule has 1 saturated heterocycles. The smallest absolute Gasteiger partial charge is 0.131 e. The number of hydrogen-bond donors (Lipinski definition) is 2. The molecule has 0 atom stereocenters. The largest absolute Gasteiger partial charge is 0.487 e. The second-order valence-corrected chi connectivity index (χ2v) is 10.2. The van der Waals surface area contributed by atoms with Crippen LogP contribution in [0.15, 0.2) is 72.9 Å². The Morgan fingerprint density at radius 1 is 1.03 bits per heavy atom. The second-order valence-electron chi connectivity index (χ2n) is 10.2. The molecule has 0 unspecified atom stereocenters. The number of fused-ring (bicyclic) bond motifs is 2. The van der Waals surface area contributed by atoms with Gasteiger partial charge in [0.2, 0.25) is 0 Å². The quantitative estimate of drug-likeness (QED) is 0.549. The van der Waals surface area contributed by atoms with E-state index in [0.717, 1.165) is 78.2 Å². The molecule has 0 aliphatic carbocycles. The monoisotopic (exact) mass is 470 g/mol. The van der Waals surface area contributed by atoms with Gasteiger partial charge >= 0.3 is 0 Å². The number of benzene rings is 2. The molecule has 3 aromatic rings. The predicted molar refractivity (Wildman–Crippen MR) is 138 cm³/mol. The first-order valence-electron chi connectivity index (χ1n) is 12.5. The minimum atomic E-state index is -0.937. The van der Waals surface area contributed by atoms with E-state index in [4.69, 9.17) is 4.74 Å². The highest BCUT2D eigenvalue weighted by molar-refractivity contribution is 5.84. The highest BCUT2D eigenvalue weighted by Crippen LogP contribution is 2.39. The van der Waals surface area contributed by atoms with Crippen LogP contribution < -0.4 is 4.74 Å². The van der Waals surface area contributed by atoms with E-state index in [0.29, 0.717) is 6.61 Å².